The molecule has 2 heterocycles. The zero-order valence-corrected chi connectivity index (χ0v) is 22.6. The molecule has 0 bridgehead atoms. The monoisotopic (exact) mass is 565 g/mol. The van der Waals surface area contributed by atoms with Gasteiger partial charge in [-0.1, -0.05) is 6.07 Å². The van der Waals surface area contributed by atoms with Crippen molar-refractivity contribution in [1.82, 2.24) is 15.3 Å². The average molecular weight is 566 g/mol. The molecule has 0 spiro atoms. The number of carbonyl (C=O) groups is 2. The molecule has 2 aromatic heterocycles. The minimum atomic E-state index is -1.23. The van der Waals surface area contributed by atoms with Gasteiger partial charge in [-0.3, -0.25) is 9.78 Å². The molecule has 5 rings (SSSR count). The highest BCUT2D eigenvalue weighted by atomic mass is 19.1. The number of pyridine rings is 2. The van der Waals surface area contributed by atoms with Crippen LogP contribution in [0.5, 0.6) is 0 Å². The fraction of sp³-hybridized carbons (Fsp3) is 0.400. The van der Waals surface area contributed by atoms with E-state index < -0.39 is 41.3 Å². The SMILES string of the molecule is CNc1cnccc1C1CC(N)C(NC(=O)O)C(Cc2cc(C3(O)CCC3)cc(F)c2-c2nc(C=O)ccc2F)C1. The third kappa shape index (κ3) is 5.64. The molecule has 4 atom stereocenters. The third-order valence-corrected chi connectivity index (χ3v) is 8.56. The number of nitrogens with zero attached hydrogens (tertiary/aromatic N) is 2. The summed E-state index contributed by atoms with van der Waals surface area (Å²) >= 11 is 0. The van der Waals surface area contributed by atoms with Crippen LogP contribution in [0.15, 0.2) is 42.7 Å². The Morgan fingerprint density at radius 3 is 2.63 bits per heavy atom. The van der Waals surface area contributed by atoms with Crippen LogP contribution in [0.25, 0.3) is 11.3 Å². The first kappa shape index (κ1) is 28.6. The highest BCUT2D eigenvalue weighted by molar-refractivity contribution is 5.75. The fourth-order valence-corrected chi connectivity index (χ4v) is 6.37. The van der Waals surface area contributed by atoms with Crippen LogP contribution in [-0.2, 0) is 12.0 Å². The lowest BCUT2D eigenvalue weighted by Crippen LogP contribution is -2.55. The van der Waals surface area contributed by atoms with Crippen LogP contribution in [0.1, 0.15) is 65.2 Å². The Morgan fingerprint density at radius 2 is 1.98 bits per heavy atom. The smallest absolute Gasteiger partial charge is 0.404 e. The van der Waals surface area contributed by atoms with Gasteiger partial charge in [0.2, 0.25) is 0 Å². The van der Waals surface area contributed by atoms with Gasteiger partial charge in [-0.05, 0) is 91.3 Å². The Morgan fingerprint density at radius 1 is 1.20 bits per heavy atom. The lowest BCUT2D eigenvalue weighted by molar-refractivity contribution is -0.0390. The quantitative estimate of drug-likeness (QED) is 0.253. The number of carboxylic acid groups (broad SMARTS) is 1. The fourth-order valence-electron chi connectivity index (χ4n) is 6.37. The summed E-state index contributed by atoms with van der Waals surface area (Å²) in [5.41, 5.74) is 7.40. The highest BCUT2D eigenvalue weighted by Crippen LogP contribution is 2.45. The van der Waals surface area contributed by atoms with Crippen molar-refractivity contribution in [1.29, 1.82) is 0 Å². The minimum Gasteiger partial charge on any atom is -0.465 e. The highest BCUT2D eigenvalue weighted by Gasteiger charge is 2.41. The largest absolute Gasteiger partial charge is 0.465 e. The number of aliphatic hydroxyl groups is 1. The summed E-state index contributed by atoms with van der Waals surface area (Å²) in [5, 5.41) is 26.4. The molecular weight excluding hydrogens is 532 g/mol. The molecule has 2 aliphatic carbocycles. The van der Waals surface area contributed by atoms with Crippen LogP contribution < -0.4 is 16.4 Å². The Hall–Kier alpha value is -3.96. The van der Waals surface area contributed by atoms with E-state index in [1.165, 1.54) is 12.1 Å². The van der Waals surface area contributed by atoms with Gasteiger partial charge < -0.3 is 26.6 Å². The van der Waals surface area contributed by atoms with E-state index in [4.69, 9.17) is 5.73 Å². The second kappa shape index (κ2) is 11.5. The second-order valence-corrected chi connectivity index (χ2v) is 11.0. The first-order valence-corrected chi connectivity index (χ1v) is 13.7. The van der Waals surface area contributed by atoms with E-state index in [1.54, 1.807) is 25.5 Å². The van der Waals surface area contributed by atoms with Crippen molar-refractivity contribution in [2.24, 2.45) is 11.7 Å². The molecule has 2 aliphatic rings. The summed E-state index contributed by atoms with van der Waals surface area (Å²) in [4.78, 5) is 31.5. The Balaban J connectivity index is 1.62. The summed E-state index contributed by atoms with van der Waals surface area (Å²) < 4.78 is 31.0. The second-order valence-electron chi connectivity index (χ2n) is 11.0. The number of nitrogens with two attached hydrogens (primary N) is 1. The van der Waals surface area contributed by atoms with Gasteiger partial charge >= 0.3 is 6.09 Å². The summed E-state index contributed by atoms with van der Waals surface area (Å²) in [6.45, 7) is 0. The topological polar surface area (TPSA) is 150 Å². The van der Waals surface area contributed by atoms with E-state index in [0.29, 0.717) is 43.1 Å². The Kier molecular flexibility index (Phi) is 8.01. The molecule has 2 saturated carbocycles. The minimum absolute atomic E-state index is 0.0593. The van der Waals surface area contributed by atoms with Gasteiger partial charge in [0.15, 0.2) is 6.29 Å². The van der Waals surface area contributed by atoms with Crippen LogP contribution in [0.3, 0.4) is 0 Å². The van der Waals surface area contributed by atoms with Crippen molar-refractivity contribution in [3.8, 4) is 11.3 Å². The van der Waals surface area contributed by atoms with Gasteiger partial charge in [0, 0.05) is 24.8 Å². The zero-order valence-electron chi connectivity index (χ0n) is 22.6. The number of rotatable bonds is 8. The average Bonchev–Trinajstić information content (AvgIpc) is 2.93. The molecule has 0 radical (unpaired) electrons. The van der Waals surface area contributed by atoms with E-state index in [9.17, 15) is 19.8 Å². The maximum Gasteiger partial charge on any atom is 0.404 e. The van der Waals surface area contributed by atoms with E-state index in [1.807, 2.05) is 6.07 Å². The lowest BCUT2D eigenvalue weighted by atomic mass is 9.69. The number of amides is 1. The third-order valence-electron chi connectivity index (χ3n) is 8.56. The number of aromatic nitrogens is 2. The van der Waals surface area contributed by atoms with Gasteiger partial charge in [0.1, 0.15) is 23.0 Å². The summed E-state index contributed by atoms with van der Waals surface area (Å²) in [6, 6.07) is 5.79. The van der Waals surface area contributed by atoms with Crippen molar-refractivity contribution >= 4 is 18.1 Å². The van der Waals surface area contributed by atoms with Crippen LogP contribution in [-0.4, -0.2) is 51.7 Å². The number of benzene rings is 1. The molecular formula is C30H33F2N5O4. The van der Waals surface area contributed by atoms with Crippen molar-refractivity contribution in [2.45, 2.75) is 62.1 Å². The van der Waals surface area contributed by atoms with Gasteiger partial charge in [-0.15, -0.1) is 0 Å². The van der Waals surface area contributed by atoms with Crippen LogP contribution >= 0.6 is 0 Å². The molecule has 1 amide bonds. The molecule has 41 heavy (non-hydrogen) atoms. The van der Waals surface area contributed by atoms with Crippen molar-refractivity contribution in [3.05, 3.63) is 76.7 Å². The van der Waals surface area contributed by atoms with Crippen LogP contribution in [0.2, 0.25) is 0 Å². The van der Waals surface area contributed by atoms with Gasteiger partial charge in [-0.25, -0.2) is 18.6 Å². The number of nitrogens with one attached hydrogen (secondary N) is 2. The molecule has 3 aromatic rings. The first-order chi connectivity index (χ1) is 19.6. The van der Waals surface area contributed by atoms with E-state index in [-0.39, 0.29) is 29.3 Å². The number of anilines is 1. The van der Waals surface area contributed by atoms with E-state index in [0.717, 1.165) is 23.7 Å². The number of hydrogen-bond acceptors (Lipinski definition) is 7. The number of halogens is 2. The van der Waals surface area contributed by atoms with Crippen molar-refractivity contribution < 1.29 is 28.6 Å². The van der Waals surface area contributed by atoms with Crippen LogP contribution in [0, 0.1) is 17.6 Å². The van der Waals surface area contributed by atoms with Gasteiger partial charge in [0.25, 0.3) is 0 Å². The molecule has 4 unspecified atom stereocenters. The molecule has 6 N–H and O–H groups in total. The summed E-state index contributed by atoms with van der Waals surface area (Å²) in [5.74, 6) is -2.06. The normalized spacial score (nSPS) is 23.3. The molecule has 1 aromatic carbocycles. The summed E-state index contributed by atoms with van der Waals surface area (Å²) in [7, 11) is 1.79. The first-order valence-electron chi connectivity index (χ1n) is 13.7. The molecule has 0 aliphatic heterocycles. The predicted molar refractivity (Wildman–Crippen MR) is 149 cm³/mol. The zero-order chi connectivity index (χ0) is 29.3. The van der Waals surface area contributed by atoms with Gasteiger partial charge in [-0.2, -0.15) is 0 Å². The van der Waals surface area contributed by atoms with Crippen LogP contribution in [0.4, 0.5) is 19.3 Å². The van der Waals surface area contributed by atoms with Crippen molar-refractivity contribution in [2.75, 3.05) is 12.4 Å². The van der Waals surface area contributed by atoms with E-state index in [2.05, 4.69) is 20.6 Å². The lowest BCUT2D eigenvalue weighted by Gasteiger charge is -2.41. The Labute approximate surface area is 236 Å². The molecule has 9 nitrogen and oxygen atoms in total. The maximum atomic E-state index is 15.9. The van der Waals surface area contributed by atoms with Gasteiger partial charge in [0.05, 0.1) is 23.5 Å². The maximum absolute atomic E-state index is 15.9. The standard InChI is InChI=1S/C30H33F2N5O4/c1-34-25-14-35-8-5-21(25)16-9-18(27(24(33)12-16)37-29(39)40)10-17-11-19(30(41)6-2-7-30)13-23(32)26(17)28-22(31)4-3-20(15-38)36-28/h3-5,8,11,13-16,18,24,27,34,37,41H,2,6-7,9-10,12,33H2,1H3,(H,39,40). The molecule has 11 heteroatoms. The number of carbonyl (C=O) groups excluding carboxylic acids is 1. The van der Waals surface area contributed by atoms with E-state index >= 15 is 8.78 Å². The molecule has 0 saturated heterocycles. The number of aldehydes is 1. The molecule has 2 fully saturated rings. The molecule has 216 valence electrons. The van der Waals surface area contributed by atoms with Crippen molar-refractivity contribution in [3.63, 3.8) is 0 Å². The predicted octanol–water partition coefficient (Wildman–Crippen LogP) is 4.35. The number of hydrogen-bond donors (Lipinski definition) is 5. The Bertz CT molecular complexity index is 1460. The summed E-state index contributed by atoms with van der Waals surface area (Å²) in [6.07, 6.45) is 5.45.